The molecule has 3 nitrogen and oxygen atoms in total. The highest BCUT2D eigenvalue weighted by molar-refractivity contribution is 7.98. The molecule has 0 aliphatic rings. The van der Waals surface area contributed by atoms with E-state index in [2.05, 4.69) is 47.8 Å². The molecule has 0 bridgehead atoms. The Labute approximate surface area is 189 Å². The number of rotatable bonds is 6. The molecule has 0 atom stereocenters. The van der Waals surface area contributed by atoms with E-state index >= 15 is 0 Å². The lowest BCUT2D eigenvalue weighted by atomic mass is 10.2. The zero-order valence-corrected chi connectivity index (χ0v) is 18.3. The van der Waals surface area contributed by atoms with Crippen molar-refractivity contribution in [2.75, 3.05) is 0 Å². The fourth-order valence-corrected chi connectivity index (χ4v) is 7.51. The van der Waals surface area contributed by atoms with E-state index in [-0.39, 0.29) is 11.6 Å². The molecule has 0 saturated heterocycles. The van der Waals surface area contributed by atoms with E-state index in [0.29, 0.717) is 5.56 Å². The minimum atomic E-state index is -2.37. The molecule has 0 aliphatic carbocycles. The second kappa shape index (κ2) is 9.88. The van der Waals surface area contributed by atoms with E-state index in [0.717, 1.165) is 15.9 Å². The van der Waals surface area contributed by atoms with Crippen LogP contribution in [0, 0.1) is 11.3 Å². The van der Waals surface area contributed by atoms with E-state index in [9.17, 15) is 10.1 Å². The highest BCUT2D eigenvalue weighted by atomic mass is 31.2. The topological polar surface area (TPSA) is 52.9 Å². The van der Waals surface area contributed by atoms with Crippen molar-refractivity contribution in [1.29, 1.82) is 5.26 Å². The Bertz CT molecular complexity index is 1150. The van der Waals surface area contributed by atoms with Crippen molar-refractivity contribution in [2.45, 2.75) is 0 Å². The third-order valence-electron chi connectivity index (χ3n) is 5.22. The smallest absolute Gasteiger partial charge is 0.256 e. The number of benzene rings is 4. The van der Waals surface area contributed by atoms with Crippen LogP contribution >= 0.6 is 7.26 Å². The van der Waals surface area contributed by atoms with Gasteiger partial charge in [-0.25, -0.2) is 0 Å². The first-order valence-corrected chi connectivity index (χ1v) is 12.1. The van der Waals surface area contributed by atoms with E-state index in [1.807, 2.05) is 66.5 Å². The van der Waals surface area contributed by atoms with Gasteiger partial charge in [0.05, 0.1) is 0 Å². The molecule has 32 heavy (non-hydrogen) atoms. The number of hydrogen-bond acceptors (Lipinski definition) is 2. The lowest BCUT2D eigenvalue weighted by Gasteiger charge is -2.24. The lowest BCUT2D eigenvalue weighted by molar-refractivity contribution is 0.0967. The number of nitrogens with zero attached hydrogens (tertiary/aromatic N) is 1. The number of allylic oxidation sites excluding steroid dienone is 1. The summed E-state index contributed by atoms with van der Waals surface area (Å²) in [6.45, 7) is 0. The quantitative estimate of drug-likeness (QED) is 0.352. The Morgan fingerprint density at radius 2 is 1.03 bits per heavy atom. The van der Waals surface area contributed by atoms with Crippen LogP contribution in [0.4, 0.5) is 0 Å². The molecule has 154 valence electrons. The van der Waals surface area contributed by atoms with Gasteiger partial charge in [-0.3, -0.25) is 4.79 Å². The summed E-state index contributed by atoms with van der Waals surface area (Å²) in [6.07, 6.45) is 0. The molecule has 1 amide bonds. The SMILES string of the molecule is N#C/C(=C\[P+](c1ccccc1)(c1ccccc1)c1ccccc1)NC(=O)c1ccccc1. The monoisotopic (exact) mass is 433 g/mol. The molecule has 0 aromatic heterocycles. The molecule has 4 heteroatoms. The fourth-order valence-electron chi connectivity index (χ4n) is 3.73. The summed E-state index contributed by atoms with van der Waals surface area (Å²) < 4.78 is 0. The standard InChI is InChI=1S/C28H21N2OP/c29-21-24(30-28(31)23-13-5-1-6-14-23)22-32(25-15-7-2-8-16-25,26-17-9-3-10-18-26)27-19-11-4-12-20-27/h1-20,22H/p+1/b24-22+. The van der Waals surface area contributed by atoms with Gasteiger partial charge in [-0.2, -0.15) is 5.26 Å². The zero-order chi connectivity index (χ0) is 22.2. The molecular weight excluding hydrogens is 411 g/mol. The van der Waals surface area contributed by atoms with Crippen molar-refractivity contribution in [3.05, 3.63) is 138 Å². The van der Waals surface area contributed by atoms with Crippen LogP contribution in [0.5, 0.6) is 0 Å². The molecule has 4 aromatic carbocycles. The fraction of sp³-hybridized carbons (Fsp3) is 0. The van der Waals surface area contributed by atoms with E-state index in [1.165, 1.54) is 0 Å². The average Bonchev–Trinajstić information content (AvgIpc) is 2.88. The molecule has 4 rings (SSSR count). The van der Waals surface area contributed by atoms with Crippen LogP contribution in [-0.4, -0.2) is 5.91 Å². The van der Waals surface area contributed by atoms with Gasteiger partial charge >= 0.3 is 0 Å². The van der Waals surface area contributed by atoms with Crippen molar-refractivity contribution >= 4 is 29.1 Å². The second-order valence-corrected chi connectivity index (χ2v) is 10.5. The van der Waals surface area contributed by atoms with E-state index in [4.69, 9.17) is 0 Å². The van der Waals surface area contributed by atoms with Gasteiger partial charge in [0.15, 0.2) is 5.70 Å². The zero-order valence-electron chi connectivity index (χ0n) is 17.4. The highest BCUT2D eigenvalue weighted by Gasteiger charge is 2.44. The van der Waals surface area contributed by atoms with Gasteiger partial charge in [-0.1, -0.05) is 72.8 Å². The summed E-state index contributed by atoms with van der Waals surface area (Å²) in [6, 6.07) is 41.8. The molecule has 0 saturated carbocycles. The number of amides is 1. The van der Waals surface area contributed by atoms with Gasteiger partial charge < -0.3 is 5.32 Å². The third kappa shape index (κ3) is 4.37. The maximum absolute atomic E-state index is 12.8. The Hall–Kier alpha value is -3.99. The van der Waals surface area contributed by atoms with Gasteiger partial charge in [-0.15, -0.1) is 0 Å². The van der Waals surface area contributed by atoms with Gasteiger partial charge in [0.25, 0.3) is 5.91 Å². The number of nitriles is 1. The minimum absolute atomic E-state index is 0.240. The first kappa shape index (κ1) is 21.2. The van der Waals surface area contributed by atoms with Crippen molar-refractivity contribution < 1.29 is 4.79 Å². The van der Waals surface area contributed by atoms with Crippen molar-refractivity contribution in [3.63, 3.8) is 0 Å². The van der Waals surface area contributed by atoms with Crippen molar-refractivity contribution in [2.24, 2.45) is 0 Å². The predicted octanol–water partition coefficient (Wildman–Crippen LogP) is 4.78. The van der Waals surface area contributed by atoms with E-state index < -0.39 is 7.26 Å². The van der Waals surface area contributed by atoms with Crippen LogP contribution in [-0.2, 0) is 0 Å². The molecule has 0 radical (unpaired) electrons. The summed E-state index contributed by atoms with van der Waals surface area (Å²) in [5.74, 6) is 1.67. The molecule has 0 aliphatic heterocycles. The maximum Gasteiger partial charge on any atom is 0.256 e. The van der Waals surface area contributed by atoms with Crippen LogP contribution in [0.2, 0.25) is 0 Å². The van der Waals surface area contributed by atoms with E-state index in [1.54, 1.807) is 24.3 Å². The largest absolute Gasteiger partial charge is 0.310 e. The Morgan fingerprint density at radius 1 is 0.656 bits per heavy atom. The van der Waals surface area contributed by atoms with Crippen molar-refractivity contribution in [3.8, 4) is 6.07 Å². The summed E-state index contributed by atoms with van der Waals surface area (Å²) >= 11 is 0. The van der Waals surface area contributed by atoms with Gasteiger partial charge in [0, 0.05) is 5.56 Å². The van der Waals surface area contributed by atoms with Gasteiger partial charge in [0.1, 0.15) is 35.1 Å². The van der Waals surface area contributed by atoms with Crippen LogP contribution in [0.15, 0.2) is 133 Å². The number of carbonyl (C=O) groups is 1. The summed E-state index contributed by atoms with van der Waals surface area (Å²) in [5.41, 5.74) is 0.750. The minimum Gasteiger partial charge on any atom is -0.310 e. The molecule has 0 spiro atoms. The van der Waals surface area contributed by atoms with Gasteiger partial charge in [0.2, 0.25) is 0 Å². The maximum atomic E-state index is 12.8. The number of hydrogen-bond donors (Lipinski definition) is 1. The molecule has 0 fully saturated rings. The van der Waals surface area contributed by atoms with Crippen LogP contribution in [0.3, 0.4) is 0 Å². The summed E-state index contributed by atoms with van der Waals surface area (Å²) in [5, 5.41) is 16.2. The summed E-state index contributed by atoms with van der Waals surface area (Å²) in [7, 11) is -2.37. The van der Waals surface area contributed by atoms with Gasteiger partial charge in [-0.05, 0) is 48.5 Å². The molecule has 1 N–H and O–H groups in total. The number of carbonyl (C=O) groups excluding carboxylic acids is 1. The lowest BCUT2D eigenvalue weighted by Crippen LogP contribution is -2.31. The molecular formula is C28H22N2OP+. The third-order valence-corrected chi connectivity index (χ3v) is 9.20. The highest BCUT2D eigenvalue weighted by Crippen LogP contribution is 2.57. The molecule has 4 aromatic rings. The first-order chi connectivity index (χ1) is 15.7. The average molecular weight is 433 g/mol. The Kier molecular flexibility index (Phi) is 6.56. The molecule has 0 heterocycles. The summed E-state index contributed by atoms with van der Waals surface area (Å²) in [4.78, 5) is 12.8. The first-order valence-electron chi connectivity index (χ1n) is 10.3. The van der Waals surface area contributed by atoms with Crippen LogP contribution < -0.4 is 21.2 Å². The van der Waals surface area contributed by atoms with Crippen LogP contribution in [0.25, 0.3) is 0 Å². The Morgan fingerprint density at radius 3 is 1.41 bits per heavy atom. The second-order valence-electron chi connectivity index (χ2n) is 7.20. The van der Waals surface area contributed by atoms with Crippen molar-refractivity contribution in [1.82, 2.24) is 5.32 Å². The number of nitrogens with one attached hydrogen (secondary N) is 1. The predicted molar refractivity (Wildman–Crippen MR) is 133 cm³/mol. The van der Waals surface area contributed by atoms with Crippen LogP contribution in [0.1, 0.15) is 10.4 Å². The normalized spacial score (nSPS) is 11.4. The Balaban J connectivity index is 1.92. The molecule has 0 unspecified atom stereocenters.